The number of hydrogen-bond donors (Lipinski definition) is 1. The molecular weight excluding hydrogens is 438 g/mol. The van der Waals surface area contributed by atoms with Crippen LogP contribution in [0.25, 0.3) is 0 Å². The van der Waals surface area contributed by atoms with Crippen LogP contribution in [-0.4, -0.2) is 59.8 Å². The third-order valence-electron chi connectivity index (χ3n) is 7.86. The van der Waals surface area contributed by atoms with Gasteiger partial charge in [-0.15, -0.1) is 0 Å². The molecule has 0 aliphatic carbocycles. The molecule has 6 rings (SSSR count). The number of pyridine rings is 1. The standard InChI is InChI=1S/C25H27N3O6/c1-15-16(2-3-17-18(15)13-32-23(17)30)20(29)12-27-9-5-25(6-10-27)7-11-28(24(25)31)19-4-8-26-22-21(19)33-14-34-22/h2-4,8,20,29H,5-7,9-14H2,1H3. The van der Waals surface area contributed by atoms with E-state index in [1.54, 1.807) is 12.3 Å². The molecule has 1 atom stereocenters. The minimum atomic E-state index is -0.664. The number of cyclic esters (lactones) is 1. The monoisotopic (exact) mass is 465 g/mol. The van der Waals surface area contributed by atoms with Gasteiger partial charge in [0.25, 0.3) is 5.88 Å². The number of aliphatic hydroxyl groups is 1. The lowest BCUT2D eigenvalue weighted by atomic mass is 9.77. The molecule has 2 saturated heterocycles. The van der Waals surface area contributed by atoms with E-state index in [0.717, 1.165) is 54.7 Å². The van der Waals surface area contributed by atoms with Gasteiger partial charge >= 0.3 is 5.97 Å². The van der Waals surface area contributed by atoms with Crippen LogP contribution in [0.2, 0.25) is 0 Å². The van der Waals surface area contributed by atoms with E-state index < -0.39 is 6.10 Å². The van der Waals surface area contributed by atoms with E-state index >= 15 is 0 Å². The average molecular weight is 466 g/mol. The first-order chi connectivity index (χ1) is 16.5. The number of rotatable bonds is 4. The van der Waals surface area contributed by atoms with Gasteiger partial charge in [-0.25, -0.2) is 9.78 Å². The number of esters is 1. The van der Waals surface area contributed by atoms with Crippen LogP contribution in [0.3, 0.4) is 0 Å². The van der Waals surface area contributed by atoms with Crippen molar-refractivity contribution in [3.8, 4) is 11.6 Å². The number of anilines is 1. The van der Waals surface area contributed by atoms with Gasteiger partial charge in [0, 0.05) is 24.8 Å². The van der Waals surface area contributed by atoms with Gasteiger partial charge < -0.3 is 29.1 Å². The van der Waals surface area contributed by atoms with Crippen molar-refractivity contribution in [2.24, 2.45) is 5.41 Å². The molecule has 34 heavy (non-hydrogen) atoms. The maximum Gasteiger partial charge on any atom is 0.338 e. The fourth-order valence-corrected chi connectivity index (χ4v) is 5.76. The molecule has 4 aliphatic rings. The molecule has 0 bridgehead atoms. The van der Waals surface area contributed by atoms with Crippen LogP contribution in [0.15, 0.2) is 24.4 Å². The topological polar surface area (TPSA) is 101 Å². The van der Waals surface area contributed by atoms with E-state index in [1.807, 2.05) is 24.0 Å². The highest BCUT2D eigenvalue weighted by Gasteiger charge is 2.49. The zero-order valence-electron chi connectivity index (χ0n) is 19.1. The van der Waals surface area contributed by atoms with Gasteiger partial charge in [-0.2, -0.15) is 0 Å². The van der Waals surface area contributed by atoms with E-state index in [2.05, 4.69) is 9.88 Å². The summed E-state index contributed by atoms with van der Waals surface area (Å²) in [5.41, 5.74) is 3.56. The predicted octanol–water partition coefficient (Wildman–Crippen LogP) is 2.34. The van der Waals surface area contributed by atoms with E-state index in [4.69, 9.17) is 14.2 Å². The molecular formula is C25H27N3O6. The molecule has 1 unspecified atom stereocenters. The number of nitrogens with zero attached hydrogens (tertiary/aromatic N) is 3. The second-order valence-corrected chi connectivity index (χ2v) is 9.56. The van der Waals surface area contributed by atoms with Crippen LogP contribution in [0.5, 0.6) is 11.6 Å². The normalized spacial score (nSPS) is 21.8. The Morgan fingerprint density at radius 3 is 2.71 bits per heavy atom. The van der Waals surface area contributed by atoms with Crippen LogP contribution in [0.1, 0.15) is 52.4 Å². The highest BCUT2D eigenvalue weighted by molar-refractivity contribution is 6.01. The molecule has 1 N–H and O–H groups in total. The fourth-order valence-electron chi connectivity index (χ4n) is 5.76. The Morgan fingerprint density at radius 2 is 1.88 bits per heavy atom. The maximum atomic E-state index is 13.5. The first kappa shape index (κ1) is 21.4. The first-order valence-corrected chi connectivity index (χ1v) is 11.7. The van der Waals surface area contributed by atoms with E-state index in [1.165, 1.54) is 0 Å². The van der Waals surface area contributed by atoms with E-state index in [-0.39, 0.29) is 30.7 Å². The number of likely N-dealkylation sites (tertiary alicyclic amines) is 1. The third-order valence-corrected chi connectivity index (χ3v) is 7.86. The highest BCUT2D eigenvalue weighted by atomic mass is 16.7. The maximum absolute atomic E-state index is 13.5. The lowest BCUT2D eigenvalue weighted by Gasteiger charge is -2.38. The van der Waals surface area contributed by atoms with E-state index in [9.17, 15) is 14.7 Å². The number of aromatic nitrogens is 1. The van der Waals surface area contributed by atoms with Gasteiger partial charge in [-0.1, -0.05) is 6.07 Å². The van der Waals surface area contributed by atoms with Crippen molar-refractivity contribution in [3.05, 3.63) is 46.6 Å². The molecule has 1 spiro atoms. The summed E-state index contributed by atoms with van der Waals surface area (Å²) in [7, 11) is 0. The van der Waals surface area contributed by atoms with Crippen molar-refractivity contribution in [3.63, 3.8) is 0 Å². The van der Waals surface area contributed by atoms with Crippen LogP contribution in [-0.2, 0) is 16.1 Å². The number of benzene rings is 1. The van der Waals surface area contributed by atoms with Crippen molar-refractivity contribution in [2.75, 3.05) is 37.9 Å². The van der Waals surface area contributed by atoms with Crippen LogP contribution in [0.4, 0.5) is 5.69 Å². The molecule has 1 aromatic carbocycles. The fraction of sp³-hybridized carbons (Fsp3) is 0.480. The predicted molar refractivity (Wildman–Crippen MR) is 121 cm³/mol. The second-order valence-electron chi connectivity index (χ2n) is 9.56. The molecule has 0 saturated carbocycles. The molecule has 178 valence electrons. The summed E-state index contributed by atoms with van der Waals surface area (Å²) >= 11 is 0. The summed E-state index contributed by atoms with van der Waals surface area (Å²) in [6.07, 6.45) is 3.30. The molecule has 9 nitrogen and oxygen atoms in total. The zero-order valence-corrected chi connectivity index (χ0v) is 19.1. The number of amides is 1. The Bertz CT molecular complexity index is 1170. The summed E-state index contributed by atoms with van der Waals surface area (Å²) < 4.78 is 16.1. The van der Waals surface area contributed by atoms with Gasteiger partial charge in [0.05, 0.1) is 22.8 Å². The zero-order chi connectivity index (χ0) is 23.4. The van der Waals surface area contributed by atoms with Crippen molar-refractivity contribution in [1.29, 1.82) is 0 Å². The lowest BCUT2D eigenvalue weighted by Crippen LogP contribution is -2.45. The molecule has 1 amide bonds. The summed E-state index contributed by atoms with van der Waals surface area (Å²) in [4.78, 5) is 33.5. The smallest absolute Gasteiger partial charge is 0.338 e. The number of β-amino-alcohol motifs (C(OH)–C–C–N with tert-alkyl or cyclic N) is 1. The Balaban J connectivity index is 1.12. The summed E-state index contributed by atoms with van der Waals surface area (Å²) in [5, 5.41) is 11.0. The number of piperidine rings is 1. The second kappa shape index (κ2) is 7.95. The molecule has 0 radical (unpaired) electrons. The Kier molecular flexibility index (Phi) is 5.00. The van der Waals surface area contributed by atoms with Gasteiger partial charge in [0.2, 0.25) is 18.4 Å². The van der Waals surface area contributed by atoms with Crippen molar-refractivity contribution < 1.29 is 28.9 Å². The van der Waals surface area contributed by atoms with Gasteiger partial charge in [-0.3, -0.25) is 4.79 Å². The third kappa shape index (κ3) is 3.25. The van der Waals surface area contributed by atoms with Crippen LogP contribution < -0.4 is 14.4 Å². The van der Waals surface area contributed by atoms with Gasteiger partial charge in [0.15, 0.2) is 0 Å². The van der Waals surface area contributed by atoms with Crippen LogP contribution in [0, 0.1) is 12.3 Å². The highest BCUT2D eigenvalue weighted by Crippen LogP contribution is 2.47. The van der Waals surface area contributed by atoms with Gasteiger partial charge in [-0.05, 0) is 62.5 Å². The van der Waals surface area contributed by atoms with Crippen molar-refractivity contribution in [2.45, 2.75) is 38.9 Å². The van der Waals surface area contributed by atoms with Gasteiger partial charge in [0.1, 0.15) is 6.61 Å². The molecule has 9 heteroatoms. The Labute approximate surface area is 197 Å². The number of fused-ring (bicyclic) bond motifs is 2. The minimum Gasteiger partial charge on any atom is -0.457 e. The number of carbonyl (C=O) groups excluding carboxylic acids is 2. The summed E-state index contributed by atoms with van der Waals surface area (Å²) in [6.45, 7) is 4.95. The summed E-state index contributed by atoms with van der Waals surface area (Å²) in [5.74, 6) is 0.820. The molecule has 2 aromatic rings. The number of ether oxygens (including phenoxy) is 3. The Morgan fingerprint density at radius 1 is 1.09 bits per heavy atom. The molecule has 5 heterocycles. The molecule has 4 aliphatic heterocycles. The number of aliphatic hydroxyl groups excluding tert-OH is 1. The number of carbonyl (C=O) groups is 2. The molecule has 2 fully saturated rings. The first-order valence-electron chi connectivity index (χ1n) is 11.7. The summed E-state index contributed by atoms with van der Waals surface area (Å²) in [6, 6.07) is 5.39. The lowest BCUT2D eigenvalue weighted by molar-refractivity contribution is -0.128. The van der Waals surface area contributed by atoms with Crippen molar-refractivity contribution >= 4 is 17.6 Å². The number of hydrogen-bond acceptors (Lipinski definition) is 8. The largest absolute Gasteiger partial charge is 0.457 e. The van der Waals surface area contributed by atoms with Crippen molar-refractivity contribution in [1.82, 2.24) is 9.88 Å². The quantitative estimate of drug-likeness (QED) is 0.687. The Hall–Kier alpha value is -3.17. The SMILES string of the molecule is Cc1c(C(O)CN2CCC3(CC2)CCN(c2ccnc4c2OCO4)C3=O)ccc2c1COC2=O. The average Bonchev–Trinajstić information content (AvgIpc) is 3.55. The minimum absolute atomic E-state index is 0.122. The van der Waals surface area contributed by atoms with Crippen LogP contribution >= 0.6 is 0 Å². The van der Waals surface area contributed by atoms with E-state index in [0.29, 0.717) is 30.3 Å². The molecule has 1 aromatic heterocycles.